The number of nitrogens with zero attached hydrogens (tertiary/aromatic N) is 2. The minimum atomic E-state index is -0.530. The lowest BCUT2D eigenvalue weighted by molar-refractivity contribution is -0.149. The second-order valence-electron chi connectivity index (χ2n) is 6.37. The van der Waals surface area contributed by atoms with E-state index in [-0.39, 0.29) is 24.2 Å². The molecule has 2 aliphatic rings. The van der Waals surface area contributed by atoms with E-state index in [9.17, 15) is 9.59 Å². The van der Waals surface area contributed by atoms with Crippen molar-refractivity contribution in [2.45, 2.75) is 44.1 Å². The Bertz CT molecular complexity index is 716. The van der Waals surface area contributed by atoms with Gasteiger partial charge < -0.3 is 10.1 Å². The zero-order valence-electron chi connectivity index (χ0n) is 12.8. The number of amides is 1. The highest BCUT2D eigenvalue weighted by Crippen LogP contribution is 2.45. The van der Waals surface area contributed by atoms with Crippen LogP contribution >= 0.6 is 11.3 Å². The molecule has 1 aliphatic heterocycles. The maximum Gasteiger partial charge on any atom is 0.307 e. The molecule has 2 aromatic heterocycles. The quantitative estimate of drug-likeness (QED) is 0.868. The number of hydrogen-bond acceptors (Lipinski definition) is 5. The number of fused-ring (bicyclic) bond motifs is 1. The molecule has 0 aromatic carbocycles. The van der Waals surface area contributed by atoms with E-state index in [2.05, 4.69) is 10.3 Å². The van der Waals surface area contributed by atoms with Crippen molar-refractivity contribution >= 4 is 28.2 Å². The van der Waals surface area contributed by atoms with E-state index in [4.69, 9.17) is 4.74 Å². The van der Waals surface area contributed by atoms with Crippen molar-refractivity contribution < 1.29 is 14.3 Å². The summed E-state index contributed by atoms with van der Waals surface area (Å²) < 4.78 is 7.51. The topological polar surface area (TPSA) is 72.7 Å². The van der Waals surface area contributed by atoms with Crippen molar-refractivity contribution in [2.75, 3.05) is 6.54 Å². The van der Waals surface area contributed by atoms with Gasteiger partial charge in [0.1, 0.15) is 5.60 Å². The van der Waals surface area contributed by atoms with E-state index in [1.807, 2.05) is 22.2 Å². The van der Waals surface area contributed by atoms with Crippen LogP contribution in [0, 0.1) is 5.92 Å². The van der Waals surface area contributed by atoms with Gasteiger partial charge in [0.25, 0.3) is 0 Å². The molecule has 2 aromatic rings. The fourth-order valence-electron chi connectivity index (χ4n) is 3.78. The third kappa shape index (κ3) is 2.63. The van der Waals surface area contributed by atoms with Crippen molar-refractivity contribution in [1.82, 2.24) is 14.7 Å². The van der Waals surface area contributed by atoms with Crippen LogP contribution in [-0.2, 0) is 20.7 Å². The lowest BCUT2D eigenvalue weighted by Crippen LogP contribution is -2.43. The largest absolute Gasteiger partial charge is 0.458 e. The van der Waals surface area contributed by atoms with Gasteiger partial charge in [0.15, 0.2) is 4.96 Å². The third-order valence-electron chi connectivity index (χ3n) is 4.91. The second-order valence-corrected chi connectivity index (χ2v) is 7.24. The van der Waals surface area contributed by atoms with Crippen LogP contribution in [0.25, 0.3) is 4.96 Å². The molecule has 23 heavy (non-hydrogen) atoms. The molecule has 122 valence electrons. The minimum Gasteiger partial charge on any atom is -0.458 e. The molecule has 7 heteroatoms. The Hall–Kier alpha value is -1.89. The highest BCUT2D eigenvalue weighted by atomic mass is 32.1. The van der Waals surface area contributed by atoms with Crippen molar-refractivity contribution in [1.29, 1.82) is 0 Å². The summed E-state index contributed by atoms with van der Waals surface area (Å²) in [5.74, 6) is -0.622. The normalized spacial score (nSPS) is 22.8. The van der Waals surface area contributed by atoms with Gasteiger partial charge >= 0.3 is 5.97 Å². The molecule has 1 saturated heterocycles. The zero-order valence-corrected chi connectivity index (χ0v) is 13.6. The fraction of sp³-hybridized carbons (Fsp3) is 0.562. The Kier molecular flexibility index (Phi) is 3.60. The van der Waals surface area contributed by atoms with Crippen molar-refractivity contribution in [2.24, 2.45) is 5.92 Å². The molecule has 3 heterocycles. The van der Waals surface area contributed by atoms with E-state index in [1.54, 1.807) is 11.3 Å². The van der Waals surface area contributed by atoms with Crippen LogP contribution in [0.15, 0.2) is 17.8 Å². The SMILES string of the molecule is O=C1C[C@H](C(=O)NCCc2cn3ccsc3n2)C2(CCCC2)O1. The molecule has 1 amide bonds. The number of hydrogen-bond donors (Lipinski definition) is 1. The number of ether oxygens (including phenoxy) is 1. The number of rotatable bonds is 4. The highest BCUT2D eigenvalue weighted by molar-refractivity contribution is 7.15. The average Bonchev–Trinajstić information content (AvgIpc) is 3.24. The van der Waals surface area contributed by atoms with Crippen LogP contribution in [0.2, 0.25) is 0 Å². The Morgan fingerprint density at radius 3 is 3.09 bits per heavy atom. The molecule has 0 bridgehead atoms. The summed E-state index contributed by atoms with van der Waals surface area (Å²) >= 11 is 1.59. The Labute approximate surface area is 137 Å². The average molecular weight is 333 g/mol. The molecule has 1 atom stereocenters. The minimum absolute atomic E-state index is 0.0567. The molecule has 1 spiro atoms. The first-order chi connectivity index (χ1) is 11.2. The molecule has 0 radical (unpaired) electrons. The summed E-state index contributed by atoms with van der Waals surface area (Å²) in [5, 5.41) is 4.96. The summed E-state index contributed by atoms with van der Waals surface area (Å²) in [6.45, 7) is 0.532. The van der Waals surface area contributed by atoms with Gasteiger partial charge in [0.05, 0.1) is 18.0 Å². The van der Waals surface area contributed by atoms with Gasteiger partial charge in [0, 0.05) is 30.7 Å². The molecular formula is C16H19N3O3S. The Balaban J connectivity index is 1.36. The lowest BCUT2D eigenvalue weighted by atomic mass is 9.85. The first kappa shape index (κ1) is 14.7. The van der Waals surface area contributed by atoms with E-state index in [0.717, 1.165) is 36.3 Å². The van der Waals surface area contributed by atoms with Crippen LogP contribution in [0.1, 0.15) is 37.8 Å². The van der Waals surface area contributed by atoms with Gasteiger partial charge in [-0.05, 0) is 25.7 Å². The summed E-state index contributed by atoms with van der Waals surface area (Å²) in [6.07, 6.45) is 8.55. The Morgan fingerprint density at radius 1 is 1.48 bits per heavy atom. The van der Waals surface area contributed by atoms with E-state index in [1.165, 1.54) is 0 Å². The van der Waals surface area contributed by atoms with E-state index >= 15 is 0 Å². The van der Waals surface area contributed by atoms with Gasteiger partial charge in [-0.25, -0.2) is 4.98 Å². The number of imidazole rings is 1. The first-order valence-electron chi connectivity index (χ1n) is 8.07. The summed E-state index contributed by atoms with van der Waals surface area (Å²) in [4.78, 5) is 29.6. The monoisotopic (exact) mass is 333 g/mol. The van der Waals surface area contributed by atoms with Gasteiger partial charge in [-0.15, -0.1) is 11.3 Å². The van der Waals surface area contributed by atoms with Crippen molar-refractivity contribution in [3.63, 3.8) is 0 Å². The zero-order chi connectivity index (χ0) is 15.9. The van der Waals surface area contributed by atoms with Crippen LogP contribution < -0.4 is 5.32 Å². The van der Waals surface area contributed by atoms with Crippen molar-refractivity contribution in [3.8, 4) is 0 Å². The van der Waals surface area contributed by atoms with Crippen LogP contribution in [0.3, 0.4) is 0 Å². The van der Waals surface area contributed by atoms with Crippen LogP contribution in [0.5, 0.6) is 0 Å². The predicted molar refractivity (Wildman–Crippen MR) is 85.2 cm³/mol. The molecule has 1 N–H and O–H groups in total. The van der Waals surface area contributed by atoms with Gasteiger partial charge in [-0.3, -0.25) is 14.0 Å². The fourth-order valence-corrected chi connectivity index (χ4v) is 4.50. The number of nitrogens with one attached hydrogen (secondary N) is 1. The standard InChI is InChI=1S/C16H19N3O3S/c20-13-9-12(16(22-13)4-1-2-5-16)14(21)17-6-3-11-10-19-7-8-23-15(19)18-11/h7-8,10,12H,1-6,9H2,(H,17,21)/t12-/m1/s1. The predicted octanol–water partition coefficient (Wildman–Crippen LogP) is 1.93. The maximum atomic E-state index is 12.5. The lowest BCUT2D eigenvalue weighted by Gasteiger charge is -2.27. The number of carbonyl (C=O) groups is 2. The van der Waals surface area contributed by atoms with Crippen molar-refractivity contribution in [3.05, 3.63) is 23.5 Å². The summed E-state index contributed by atoms with van der Waals surface area (Å²) in [6, 6.07) is 0. The van der Waals surface area contributed by atoms with Crippen LogP contribution in [0.4, 0.5) is 0 Å². The maximum absolute atomic E-state index is 12.5. The summed E-state index contributed by atoms with van der Waals surface area (Å²) in [5.41, 5.74) is 0.435. The number of thiazole rings is 1. The van der Waals surface area contributed by atoms with Gasteiger partial charge in [0.2, 0.25) is 5.91 Å². The van der Waals surface area contributed by atoms with Crippen LogP contribution in [-0.4, -0.2) is 33.4 Å². The molecule has 4 rings (SSSR count). The number of carbonyl (C=O) groups excluding carboxylic acids is 2. The first-order valence-corrected chi connectivity index (χ1v) is 8.95. The molecule has 2 fully saturated rings. The number of aromatic nitrogens is 2. The van der Waals surface area contributed by atoms with E-state index < -0.39 is 5.60 Å². The molecule has 0 unspecified atom stereocenters. The Morgan fingerprint density at radius 2 is 2.30 bits per heavy atom. The van der Waals surface area contributed by atoms with Gasteiger partial charge in [-0.1, -0.05) is 0 Å². The smallest absolute Gasteiger partial charge is 0.307 e. The van der Waals surface area contributed by atoms with Gasteiger partial charge in [-0.2, -0.15) is 0 Å². The molecular weight excluding hydrogens is 314 g/mol. The molecule has 1 aliphatic carbocycles. The molecule has 1 saturated carbocycles. The number of esters is 1. The highest BCUT2D eigenvalue weighted by Gasteiger charge is 2.53. The van der Waals surface area contributed by atoms with E-state index in [0.29, 0.717) is 13.0 Å². The second kappa shape index (κ2) is 5.63. The third-order valence-corrected chi connectivity index (χ3v) is 5.68. The summed E-state index contributed by atoms with van der Waals surface area (Å²) in [7, 11) is 0. The molecule has 6 nitrogen and oxygen atoms in total.